The maximum Gasteiger partial charge on any atom is 0.161 e. The first-order valence-corrected chi connectivity index (χ1v) is 9.50. The summed E-state index contributed by atoms with van der Waals surface area (Å²) in [5.41, 5.74) is 1.95. The summed E-state index contributed by atoms with van der Waals surface area (Å²) in [5.74, 6) is -0.109. The molecule has 1 heterocycles. The summed E-state index contributed by atoms with van der Waals surface area (Å²) in [6, 6.07) is 10.6. The largest absolute Gasteiger partial charge is 0.550 e. The molecule has 2 aromatic carbocycles. The molecule has 0 unspecified atom stereocenters. The second-order valence-corrected chi connectivity index (χ2v) is 7.22. The zero-order valence-corrected chi connectivity index (χ0v) is 16.5. The molecule has 0 bridgehead atoms. The number of nitrogens with zero attached hydrogens (tertiary/aromatic N) is 1. The fourth-order valence-electron chi connectivity index (χ4n) is 2.41. The minimum absolute atomic E-state index is 0.196. The van der Waals surface area contributed by atoms with Gasteiger partial charge in [0.15, 0.2) is 11.5 Å². The quantitative estimate of drug-likeness (QED) is 0.575. The molecule has 3 aromatic rings. The van der Waals surface area contributed by atoms with E-state index in [0.29, 0.717) is 37.8 Å². The Morgan fingerprint density at radius 1 is 1.19 bits per heavy atom. The van der Waals surface area contributed by atoms with Gasteiger partial charge in [-0.1, -0.05) is 29.3 Å². The Morgan fingerprint density at radius 2 is 1.93 bits per heavy atom. The van der Waals surface area contributed by atoms with Gasteiger partial charge in [0, 0.05) is 38.9 Å². The first-order chi connectivity index (χ1) is 13.0. The number of methoxy groups -OCH3 is 1. The van der Waals surface area contributed by atoms with Crippen molar-refractivity contribution in [1.29, 1.82) is 0 Å². The predicted octanol–water partition coefficient (Wildman–Crippen LogP) is 4.00. The molecule has 0 radical (unpaired) electrons. The van der Waals surface area contributed by atoms with Crippen molar-refractivity contribution in [1.82, 2.24) is 4.98 Å². The van der Waals surface area contributed by atoms with E-state index in [4.69, 9.17) is 32.7 Å². The number of ether oxygens (including phenoxy) is 2. The molecule has 1 aromatic heterocycles. The van der Waals surface area contributed by atoms with E-state index in [1.807, 2.05) is 6.07 Å². The van der Waals surface area contributed by atoms with Gasteiger partial charge in [-0.05, 0) is 30.3 Å². The third-order valence-electron chi connectivity index (χ3n) is 3.72. The Balaban J connectivity index is 1.80. The van der Waals surface area contributed by atoms with Gasteiger partial charge in [-0.25, -0.2) is 4.98 Å². The summed E-state index contributed by atoms with van der Waals surface area (Å²) in [7, 11) is 1.54. The van der Waals surface area contributed by atoms with Gasteiger partial charge in [-0.3, -0.25) is 0 Å². The van der Waals surface area contributed by atoms with E-state index in [-0.39, 0.29) is 13.0 Å². The highest BCUT2D eigenvalue weighted by molar-refractivity contribution is 7.13. The molecule has 27 heavy (non-hydrogen) atoms. The monoisotopic (exact) mass is 422 g/mol. The molecule has 0 N–H and O–H groups in total. The van der Waals surface area contributed by atoms with Crippen LogP contribution >= 0.6 is 34.5 Å². The molecule has 0 atom stereocenters. The highest BCUT2D eigenvalue weighted by atomic mass is 35.5. The summed E-state index contributed by atoms with van der Waals surface area (Å²) in [4.78, 5) is 15.0. The molecular formula is C19H14Cl2NO4S-. The van der Waals surface area contributed by atoms with Crippen molar-refractivity contribution in [3.05, 3.63) is 63.1 Å². The lowest BCUT2D eigenvalue weighted by Crippen LogP contribution is -2.24. The highest BCUT2D eigenvalue weighted by Crippen LogP contribution is 2.35. The summed E-state index contributed by atoms with van der Waals surface area (Å²) >= 11 is 13.7. The minimum Gasteiger partial charge on any atom is -0.550 e. The second-order valence-electron chi connectivity index (χ2n) is 5.55. The van der Waals surface area contributed by atoms with Crippen LogP contribution in [-0.2, 0) is 17.8 Å². The average Bonchev–Trinajstić information content (AvgIpc) is 3.09. The van der Waals surface area contributed by atoms with Crippen molar-refractivity contribution in [3.63, 3.8) is 0 Å². The molecule has 3 rings (SSSR count). The van der Waals surface area contributed by atoms with E-state index < -0.39 is 5.97 Å². The number of hydrogen-bond acceptors (Lipinski definition) is 6. The third-order valence-corrected chi connectivity index (χ3v) is 5.37. The van der Waals surface area contributed by atoms with Crippen molar-refractivity contribution in [2.24, 2.45) is 0 Å². The van der Waals surface area contributed by atoms with Crippen LogP contribution in [0.25, 0.3) is 10.6 Å². The van der Waals surface area contributed by atoms with Crippen LogP contribution in [0.1, 0.15) is 11.3 Å². The zero-order chi connectivity index (χ0) is 19.4. The van der Waals surface area contributed by atoms with Crippen molar-refractivity contribution in [3.8, 4) is 22.1 Å². The van der Waals surface area contributed by atoms with Crippen LogP contribution in [-0.4, -0.2) is 18.1 Å². The summed E-state index contributed by atoms with van der Waals surface area (Å²) in [5, 5.41) is 14.1. The van der Waals surface area contributed by atoms with E-state index in [1.165, 1.54) is 18.4 Å². The van der Waals surface area contributed by atoms with Crippen molar-refractivity contribution >= 4 is 40.5 Å². The van der Waals surface area contributed by atoms with Crippen molar-refractivity contribution in [2.75, 3.05) is 7.11 Å². The number of rotatable bonds is 7. The molecule has 140 valence electrons. The van der Waals surface area contributed by atoms with Gasteiger partial charge in [0.05, 0.1) is 12.8 Å². The molecule has 0 aliphatic rings. The van der Waals surface area contributed by atoms with Gasteiger partial charge >= 0.3 is 0 Å². The molecule has 5 nitrogen and oxygen atoms in total. The number of halogens is 2. The fourth-order valence-corrected chi connectivity index (χ4v) is 3.73. The molecule has 0 aliphatic heterocycles. The number of thiazole rings is 1. The van der Waals surface area contributed by atoms with Crippen LogP contribution in [0.3, 0.4) is 0 Å². The number of aliphatic carboxylic acids is 1. The van der Waals surface area contributed by atoms with E-state index in [2.05, 4.69) is 4.98 Å². The number of carboxylic acid groups (broad SMARTS) is 1. The summed E-state index contributed by atoms with van der Waals surface area (Å²) < 4.78 is 11.2. The van der Waals surface area contributed by atoms with Gasteiger partial charge in [-0.2, -0.15) is 0 Å². The standard InChI is InChI=1S/C19H15Cl2NO4S/c1-25-17-7-11(19-22-12(10-27-19)8-18(23)24)5-6-16(17)26-9-13-14(20)3-2-4-15(13)21/h2-7,10H,8-9H2,1H3,(H,23,24)/p-1. The van der Waals surface area contributed by atoms with E-state index in [0.717, 1.165) is 5.56 Å². The van der Waals surface area contributed by atoms with Crippen molar-refractivity contribution in [2.45, 2.75) is 13.0 Å². The Bertz CT molecular complexity index is 954. The van der Waals surface area contributed by atoms with Crippen molar-refractivity contribution < 1.29 is 19.4 Å². The van der Waals surface area contributed by atoms with E-state index >= 15 is 0 Å². The van der Waals surface area contributed by atoms with E-state index in [1.54, 1.807) is 35.7 Å². The molecule has 0 fully saturated rings. The summed E-state index contributed by atoms with van der Waals surface area (Å²) in [6.45, 7) is 0.196. The maximum absolute atomic E-state index is 10.7. The average molecular weight is 423 g/mol. The number of benzene rings is 2. The van der Waals surface area contributed by atoms with Crippen LogP contribution in [0.15, 0.2) is 41.8 Å². The topological polar surface area (TPSA) is 71.5 Å². The normalized spacial score (nSPS) is 10.6. The first-order valence-electron chi connectivity index (χ1n) is 7.86. The lowest BCUT2D eigenvalue weighted by molar-refractivity contribution is -0.304. The SMILES string of the molecule is COc1cc(-c2nc(CC(=O)[O-])cs2)ccc1OCc1c(Cl)cccc1Cl. The lowest BCUT2D eigenvalue weighted by atomic mass is 10.2. The van der Waals surface area contributed by atoms with Crippen LogP contribution in [0.2, 0.25) is 10.0 Å². The maximum atomic E-state index is 10.7. The van der Waals surface area contributed by atoms with Crippen LogP contribution in [0.4, 0.5) is 0 Å². The van der Waals surface area contributed by atoms with Gasteiger partial charge in [-0.15, -0.1) is 11.3 Å². The van der Waals surface area contributed by atoms with Crippen LogP contribution in [0, 0.1) is 0 Å². The molecule has 0 spiro atoms. The van der Waals surface area contributed by atoms with Gasteiger partial charge < -0.3 is 19.4 Å². The van der Waals surface area contributed by atoms with Crippen LogP contribution < -0.4 is 14.6 Å². The lowest BCUT2D eigenvalue weighted by Gasteiger charge is -2.13. The minimum atomic E-state index is -1.16. The smallest absolute Gasteiger partial charge is 0.161 e. The predicted molar refractivity (Wildman–Crippen MR) is 104 cm³/mol. The molecular weight excluding hydrogens is 409 g/mol. The first kappa shape index (κ1) is 19.5. The highest BCUT2D eigenvalue weighted by Gasteiger charge is 2.12. The third kappa shape index (κ3) is 4.71. The second kappa shape index (κ2) is 8.61. The Labute approximate surface area is 170 Å². The number of carbonyl (C=O) groups excluding carboxylic acids is 1. The number of hydrogen-bond donors (Lipinski definition) is 0. The van der Waals surface area contributed by atoms with Gasteiger partial charge in [0.2, 0.25) is 0 Å². The molecule has 8 heteroatoms. The molecule has 0 aliphatic carbocycles. The van der Waals surface area contributed by atoms with Crippen LogP contribution in [0.5, 0.6) is 11.5 Å². The molecule has 0 amide bonds. The Hall–Kier alpha value is -2.28. The molecule has 0 saturated heterocycles. The van der Waals surface area contributed by atoms with Gasteiger partial charge in [0.1, 0.15) is 11.6 Å². The number of aromatic nitrogens is 1. The number of carbonyl (C=O) groups is 1. The number of carboxylic acids is 1. The Kier molecular flexibility index (Phi) is 6.21. The summed E-state index contributed by atoms with van der Waals surface area (Å²) in [6.07, 6.45) is -0.215. The van der Waals surface area contributed by atoms with Gasteiger partial charge in [0.25, 0.3) is 0 Å². The Morgan fingerprint density at radius 3 is 2.59 bits per heavy atom. The molecule has 0 saturated carbocycles. The van der Waals surface area contributed by atoms with E-state index in [9.17, 15) is 9.90 Å². The zero-order valence-electron chi connectivity index (χ0n) is 14.2. The fraction of sp³-hybridized carbons (Fsp3) is 0.158.